The van der Waals surface area contributed by atoms with Gasteiger partial charge in [-0.05, 0) is 145 Å². The van der Waals surface area contributed by atoms with Crippen LogP contribution in [0.25, 0.3) is 23.3 Å². The van der Waals surface area contributed by atoms with Gasteiger partial charge in [0, 0.05) is 63.2 Å². The summed E-state index contributed by atoms with van der Waals surface area (Å²) in [5.74, 6) is 4.46. The fraction of sp³-hybridized carbons (Fsp3) is 0.490. The molecule has 2 aliphatic rings. The highest BCUT2D eigenvalue weighted by atomic mass is 32.2. The second-order valence-corrected chi connectivity index (χ2v) is 17.2. The molecule has 4 rings (SSSR count). The van der Waals surface area contributed by atoms with Crippen LogP contribution in [0.5, 0.6) is 0 Å². The first-order valence-corrected chi connectivity index (χ1v) is 22.8. The molecule has 0 saturated carbocycles. The molecule has 6 bridgehead atoms. The standard InChI is InChI=1S/C40H51N3.C7H18N2S2.C2H6/c1-13-16-33-26(9)30(18-17-23(4)5)19-25(8)20-34-27(10)31(14-2)37(41-34)21-35-28(11)32(15-3)38(42-35)22-36-29(12)39(24(6)7)40(33)43-36;1-8-4-7-10-5-3-6-11-9-2;1-2/h13-14,20-22,27,30-31,42-43H,1-2,4,6,8,15-19H2,3,5,7,9-12H3;8-9H,3-7H2,1-2H3;1-2H3/b33-26+,34-20-,35-21-,38-22-;;. The summed E-state index contributed by atoms with van der Waals surface area (Å²) in [6.07, 6.45) is 16.7. The molecule has 308 valence electrons. The molecule has 3 atom stereocenters. The van der Waals surface area contributed by atoms with Crippen LogP contribution in [0.1, 0.15) is 114 Å². The maximum absolute atomic E-state index is 5.17. The van der Waals surface area contributed by atoms with Gasteiger partial charge in [0.25, 0.3) is 0 Å². The van der Waals surface area contributed by atoms with E-state index in [9.17, 15) is 0 Å². The number of H-pyrrole nitrogens is 2. The van der Waals surface area contributed by atoms with Gasteiger partial charge in [-0.15, -0.1) is 19.7 Å². The quantitative estimate of drug-likeness (QED) is 0.0776. The largest absolute Gasteiger partial charge is 0.355 e. The number of hydrogen-bond acceptors (Lipinski definition) is 5. The summed E-state index contributed by atoms with van der Waals surface area (Å²) in [6.45, 7) is 42.1. The van der Waals surface area contributed by atoms with E-state index in [1.165, 1.54) is 62.7 Å². The number of rotatable bonds is 16. The molecule has 2 aromatic heterocycles. The van der Waals surface area contributed by atoms with Crippen molar-refractivity contribution < 1.29 is 0 Å². The Morgan fingerprint density at radius 1 is 0.982 bits per heavy atom. The predicted molar refractivity (Wildman–Crippen MR) is 258 cm³/mol. The van der Waals surface area contributed by atoms with Crippen molar-refractivity contribution in [2.45, 2.75) is 101 Å². The molecule has 2 aromatic rings. The van der Waals surface area contributed by atoms with Crippen molar-refractivity contribution >= 4 is 52.7 Å². The lowest BCUT2D eigenvalue weighted by atomic mass is 9.82. The van der Waals surface area contributed by atoms with Gasteiger partial charge >= 0.3 is 0 Å². The zero-order chi connectivity index (χ0) is 41.9. The molecule has 0 spiro atoms. The van der Waals surface area contributed by atoms with Gasteiger partial charge in [0.05, 0.1) is 5.71 Å². The van der Waals surface area contributed by atoms with Crippen LogP contribution < -0.4 is 20.7 Å². The summed E-state index contributed by atoms with van der Waals surface area (Å²) in [4.78, 5) is 12.8. The fourth-order valence-electron chi connectivity index (χ4n) is 7.53. The number of nitrogens with zero attached hydrogens (tertiary/aromatic N) is 1. The van der Waals surface area contributed by atoms with Gasteiger partial charge < -0.3 is 15.3 Å². The van der Waals surface area contributed by atoms with Crippen LogP contribution in [0.4, 0.5) is 0 Å². The topological polar surface area (TPSA) is 68.0 Å². The third-order valence-electron chi connectivity index (χ3n) is 10.7. The van der Waals surface area contributed by atoms with Crippen molar-refractivity contribution in [1.29, 1.82) is 0 Å². The maximum atomic E-state index is 5.17. The van der Waals surface area contributed by atoms with Crippen molar-refractivity contribution in [1.82, 2.24) is 20.0 Å². The highest BCUT2D eigenvalue weighted by Crippen LogP contribution is 2.39. The van der Waals surface area contributed by atoms with Gasteiger partial charge in [-0.2, -0.15) is 11.8 Å². The Bertz CT molecular complexity index is 1870. The van der Waals surface area contributed by atoms with Crippen LogP contribution in [0.15, 0.2) is 78.5 Å². The summed E-state index contributed by atoms with van der Waals surface area (Å²) in [6, 6.07) is 0. The van der Waals surface area contributed by atoms with Gasteiger partial charge in [0.2, 0.25) is 0 Å². The van der Waals surface area contributed by atoms with Crippen molar-refractivity contribution in [3.05, 3.63) is 118 Å². The van der Waals surface area contributed by atoms with Gasteiger partial charge in [-0.1, -0.05) is 81.7 Å². The monoisotopic (exact) mass is 798 g/mol. The molecule has 3 unspecified atom stereocenters. The van der Waals surface area contributed by atoms with E-state index in [0.29, 0.717) is 5.92 Å². The van der Waals surface area contributed by atoms with Gasteiger partial charge in [0.15, 0.2) is 0 Å². The summed E-state index contributed by atoms with van der Waals surface area (Å²) < 4.78 is 3.06. The van der Waals surface area contributed by atoms with Crippen LogP contribution in [-0.2, 0) is 6.42 Å². The first-order valence-electron chi connectivity index (χ1n) is 20.7. The molecule has 7 heteroatoms. The molecule has 5 nitrogen and oxygen atoms in total. The number of aromatic nitrogens is 2. The summed E-state index contributed by atoms with van der Waals surface area (Å²) >= 11 is 3.82. The molecule has 0 radical (unpaired) electrons. The summed E-state index contributed by atoms with van der Waals surface area (Å²) in [7, 11) is 3.97. The van der Waals surface area contributed by atoms with Crippen molar-refractivity contribution in [3.63, 3.8) is 0 Å². The lowest BCUT2D eigenvalue weighted by Gasteiger charge is -2.23. The minimum absolute atomic E-state index is 0.157. The number of aromatic amines is 2. The fourth-order valence-corrected chi connectivity index (χ4v) is 9.11. The lowest BCUT2D eigenvalue weighted by Crippen LogP contribution is -2.18. The Morgan fingerprint density at radius 3 is 2.29 bits per heavy atom. The first-order chi connectivity index (χ1) is 26.8. The van der Waals surface area contributed by atoms with E-state index in [2.05, 4.69) is 120 Å². The van der Waals surface area contributed by atoms with Crippen LogP contribution in [0.2, 0.25) is 0 Å². The zero-order valence-corrected chi connectivity index (χ0v) is 38.6. The molecule has 4 N–H and O–H groups in total. The molecule has 0 fully saturated rings. The third kappa shape index (κ3) is 13.4. The van der Waals surface area contributed by atoms with Crippen molar-refractivity contribution in [2.24, 2.45) is 22.7 Å². The van der Waals surface area contributed by atoms with Gasteiger partial charge in [0.1, 0.15) is 0 Å². The molecule has 4 heterocycles. The van der Waals surface area contributed by atoms with E-state index in [4.69, 9.17) is 4.99 Å². The molecular formula is C49H75N5S2. The van der Waals surface area contributed by atoms with Gasteiger partial charge in [-0.3, -0.25) is 9.71 Å². The molecule has 56 heavy (non-hydrogen) atoms. The van der Waals surface area contributed by atoms with Crippen LogP contribution in [0.3, 0.4) is 0 Å². The number of nitrogens with one attached hydrogen (secondary N) is 4. The average molecular weight is 798 g/mol. The van der Waals surface area contributed by atoms with E-state index in [1.807, 2.05) is 51.9 Å². The van der Waals surface area contributed by atoms with Crippen molar-refractivity contribution in [2.75, 3.05) is 37.9 Å². The van der Waals surface area contributed by atoms with Gasteiger partial charge in [-0.25, -0.2) is 0 Å². The molecule has 0 aliphatic carbocycles. The minimum Gasteiger partial charge on any atom is -0.355 e. The second kappa shape index (κ2) is 25.2. The molecule has 0 saturated heterocycles. The Morgan fingerprint density at radius 2 is 1.70 bits per heavy atom. The number of fused-ring (bicyclic) bond motifs is 5. The molecule has 2 aliphatic heterocycles. The predicted octanol–water partition coefficient (Wildman–Crippen LogP) is 11.4. The summed E-state index contributed by atoms with van der Waals surface area (Å²) in [5, 5.41) is 5.38. The minimum atomic E-state index is 0.157. The Balaban J connectivity index is 0.000000718. The van der Waals surface area contributed by atoms with Crippen LogP contribution >= 0.6 is 23.7 Å². The van der Waals surface area contributed by atoms with Crippen molar-refractivity contribution in [3.8, 4) is 0 Å². The Hall–Kier alpha value is -3.23. The second-order valence-electron chi connectivity index (χ2n) is 14.9. The number of allylic oxidation sites excluding steroid dienone is 9. The highest BCUT2D eigenvalue weighted by molar-refractivity contribution is 7.99. The number of aliphatic imine (C=N–C) groups is 1. The number of thioether (sulfide) groups is 1. The number of hydrogen-bond donors (Lipinski definition) is 4. The normalized spacial score (nSPS) is 21.3. The smallest absolute Gasteiger partial charge is 0.0502 e. The molecular weight excluding hydrogens is 723 g/mol. The van der Waals surface area contributed by atoms with E-state index in [1.54, 1.807) is 11.9 Å². The van der Waals surface area contributed by atoms with Crippen LogP contribution in [0, 0.1) is 31.6 Å². The van der Waals surface area contributed by atoms with E-state index in [0.717, 1.165) is 83.3 Å². The zero-order valence-electron chi connectivity index (χ0n) is 37.0. The first kappa shape index (κ1) is 48.9. The highest BCUT2D eigenvalue weighted by Gasteiger charge is 2.29. The lowest BCUT2D eigenvalue weighted by molar-refractivity contribution is 0.557. The molecule has 0 amide bonds. The maximum Gasteiger partial charge on any atom is 0.0502 e. The average Bonchev–Trinajstić information content (AvgIpc) is 3.76. The molecule has 0 aromatic carbocycles. The third-order valence-corrected chi connectivity index (χ3v) is 12.5. The Kier molecular flexibility index (Phi) is 22.0. The van der Waals surface area contributed by atoms with E-state index in [-0.39, 0.29) is 11.8 Å². The summed E-state index contributed by atoms with van der Waals surface area (Å²) in [5.41, 5.74) is 15.4. The SMILES string of the molecule is C=CC/C1=C(/C)C(CCC(=C)C)CC(=C)/C=C2N=C(/C=c3\[nH]/c(c(CC)c3C)=C\c3[nH]c1c(C(=C)C)c3C)C(C=C)C\2C.CC.CNCCSCCCSNC. The van der Waals surface area contributed by atoms with Crippen LogP contribution in [-0.4, -0.2) is 53.6 Å². The Labute approximate surface area is 350 Å². The van der Waals surface area contributed by atoms with E-state index < -0.39 is 0 Å². The van der Waals surface area contributed by atoms with E-state index >= 15 is 0 Å².